The van der Waals surface area contributed by atoms with E-state index >= 15 is 0 Å². The first-order valence-corrected chi connectivity index (χ1v) is 2.22. The zero-order valence-corrected chi connectivity index (χ0v) is 4.57. The minimum atomic E-state index is -1.47. The summed E-state index contributed by atoms with van der Waals surface area (Å²) in [6.07, 6.45) is 0. The van der Waals surface area contributed by atoms with Crippen molar-refractivity contribution in [3.05, 3.63) is 0 Å². The Morgan fingerprint density at radius 1 is 1.56 bits per heavy atom. The van der Waals surface area contributed by atoms with Crippen molar-refractivity contribution in [1.29, 1.82) is 0 Å². The van der Waals surface area contributed by atoms with Crippen molar-refractivity contribution in [1.82, 2.24) is 0 Å². The molecule has 0 aliphatic rings. The lowest BCUT2D eigenvalue weighted by Crippen LogP contribution is -2.32. The summed E-state index contributed by atoms with van der Waals surface area (Å²) in [7, 11) is 0. The summed E-state index contributed by atoms with van der Waals surface area (Å²) in [6, 6.07) is 0. The summed E-state index contributed by atoms with van der Waals surface area (Å²) in [4.78, 5) is 20.0. The Labute approximate surface area is 51.1 Å². The second kappa shape index (κ2) is 3.03. The third-order valence-electron chi connectivity index (χ3n) is 0.824. The van der Waals surface area contributed by atoms with Crippen LogP contribution >= 0.6 is 0 Å². The summed E-state index contributed by atoms with van der Waals surface area (Å²) < 4.78 is 0. The van der Waals surface area contributed by atoms with E-state index in [1.807, 2.05) is 0 Å². The average Bonchev–Trinajstić information content (AvgIpc) is 1.64. The predicted octanol–water partition coefficient (Wildman–Crippen LogP) is -1.84. The van der Waals surface area contributed by atoms with Gasteiger partial charge in [0, 0.05) is 0 Å². The number of aliphatic hydroxyl groups is 1. The van der Waals surface area contributed by atoms with Gasteiger partial charge in [-0.2, -0.15) is 0 Å². The van der Waals surface area contributed by atoms with Gasteiger partial charge >= 0.3 is 5.97 Å². The maximum absolute atomic E-state index is 10.1. The van der Waals surface area contributed by atoms with Crippen LogP contribution in [0.3, 0.4) is 0 Å². The summed E-state index contributed by atoms with van der Waals surface area (Å²) in [6.45, 7) is -0.745. The van der Waals surface area contributed by atoms with E-state index in [4.69, 9.17) is 10.2 Å². The Kier molecular flexibility index (Phi) is 2.66. The molecule has 0 heterocycles. The quantitative estimate of drug-likeness (QED) is 0.394. The lowest BCUT2D eigenvalue weighted by Gasteiger charge is -2.00. The van der Waals surface area contributed by atoms with Crippen molar-refractivity contribution in [3.8, 4) is 0 Å². The maximum atomic E-state index is 10.1. The number of carbonyl (C=O) groups is 2. The lowest BCUT2D eigenvalue weighted by atomic mass is 10.1. The molecule has 0 rings (SSSR count). The maximum Gasteiger partial charge on any atom is 0.318 e. The van der Waals surface area contributed by atoms with Crippen molar-refractivity contribution < 1.29 is 19.8 Å². The Morgan fingerprint density at radius 3 is 2.00 bits per heavy atom. The fraction of sp³-hybridized carbons (Fsp3) is 0.500. The highest BCUT2D eigenvalue weighted by Gasteiger charge is 2.21. The van der Waals surface area contributed by atoms with E-state index in [0.29, 0.717) is 0 Å². The second-order valence-electron chi connectivity index (χ2n) is 1.48. The minimum absolute atomic E-state index is 0.745. The molecule has 0 aromatic carbocycles. The van der Waals surface area contributed by atoms with Crippen LogP contribution < -0.4 is 5.73 Å². The fourth-order valence-electron chi connectivity index (χ4n) is 0.290. The normalized spacial score (nSPS) is 12.6. The van der Waals surface area contributed by atoms with Crippen molar-refractivity contribution in [2.45, 2.75) is 0 Å². The van der Waals surface area contributed by atoms with E-state index in [1.165, 1.54) is 0 Å². The van der Waals surface area contributed by atoms with Gasteiger partial charge < -0.3 is 15.9 Å². The van der Waals surface area contributed by atoms with Crippen LogP contribution in [0, 0.1) is 5.92 Å². The molecule has 1 atom stereocenters. The van der Waals surface area contributed by atoms with E-state index in [9.17, 15) is 9.59 Å². The monoisotopic (exact) mass is 133 g/mol. The minimum Gasteiger partial charge on any atom is -0.481 e. The molecule has 5 heteroatoms. The van der Waals surface area contributed by atoms with E-state index in [-0.39, 0.29) is 0 Å². The smallest absolute Gasteiger partial charge is 0.318 e. The SMILES string of the molecule is NC(=O)C(CO)C(=O)O. The Bertz CT molecular complexity index is 119. The highest BCUT2D eigenvalue weighted by molar-refractivity contribution is 5.96. The molecule has 0 bridgehead atoms. The number of primary amides is 1. The third-order valence-corrected chi connectivity index (χ3v) is 0.824. The summed E-state index contributed by atoms with van der Waals surface area (Å²) in [5, 5.41) is 16.3. The van der Waals surface area contributed by atoms with Crippen LogP contribution in [0.2, 0.25) is 0 Å². The van der Waals surface area contributed by atoms with Crippen molar-refractivity contribution >= 4 is 11.9 Å². The van der Waals surface area contributed by atoms with Crippen LogP contribution in [0.15, 0.2) is 0 Å². The predicted molar refractivity (Wildman–Crippen MR) is 27.4 cm³/mol. The molecule has 9 heavy (non-hydrogen) atoms. The Balaban J connectivity index is 3.99. The molecule has 0 saturated carbocycles. The van der Waals surface area contributed by atoms with E-state index in [1.54, 1.807) is 0 Å². The standard InChI is InChI=1S/C4H7NO4/c5-3(7)2(1-6)4(8)9/h2,6H,1H2,(H2,5,7)(H,8,9). The van der Waals surface area contributed by atoms with Gasteiger partial charge in [-0.05, 0) is 0 Å². The lowest BCUT2D eigenvalue weighted by molar-refractivity contribution is -0.147. The van der Waals surface area contributed by atoms with Gasteiger partial charge in [-0.1, -0.05) is 0 Å². The molecule has 52 valence electrons. The first-order chi connectivity index (χ1) is 4.09. The van der Waals surface area contributed by atoms with Crippen LogP contribution in [-0.4, -0.2) is 28.7 Å². The Morgan fingerprint density at radius 2 is 2.00 bits per heavy atom. The Hall–Kier alpha value is -1.10. The largest absolute Gasteiger partial charge is 0.481 e. The van der Waals surface area contributed by atoms with Crippen LogP contribution in [0.5, 0.6) is 0 Å². The van der Waals surface area contributed by atoms with Gasteiger partial charge in [-0.25, -0.2) is 0 Å². The van der Waals surface area contributed by atoms with Gasteiger partial charge in [0.15, 0.2) is 5.92 Å². The fourth-order valence-corrected chi connectivity index (χ4v) is 0.290. The zero-order valence-electron chi connectivity index (χ0n) is 4.57. The summed E-state index contributed by atoms with van der Waals surface area (Å²) in [5.74, 6) is -3.89. The van der Waals surface area contributed by atoms with Gasteiger partial charge in [0.25, 0.3) is 0 Å². The first-order valence-electron chi connectivity index (χ1n) is 2.22. The molecule has 0 aliphatic carbocycles. The van der Waals surface area contributed by atoms with Gasteiger partial charge in [-0.3, -0.25) is 9.59 Å². The molecule has 5 nitrogen and oxygen atoms in total. The molecule has 4 N–H and O–H groups in total. The van der Waals surface area contributed by atoms with Gasteiger partial charge in [0.1, 0.15) is 0 Å². The van der Waals surface area contributed by atoms with Crippen LogP contribution in [0.1, 0.15) is 0 Å². The highest BCUT2D eigenvalue weighted by atomic mass is 16.4. The van der Waals surface area contributed by atoms with Crippen molar-refractivity contribution in [3.63, 3.8) is 0 Å². The number of aliphatic hydroxyl groups excluding tert-OH is 1. The van der Waals surface area contributed by atoms with E-state index < -0.39 is 24.4 Å². The number of carbonyl (C=O) groups excluding carboxylic acids is 1. The van der Waals surface area contributed by atoms with Crippen molar-refractivity contribution in [2.24, 2.45) is 11.7 Å². The van der Waals surface area contributed by atoms with E-state index in [0.717, 1.165) is 0 Å². The van der Waals surface area contributed by atoms with Gasteiger partial charge in [-0.15, -0.1) is 0 Å². The number of rotatable bonds is 3. The summed E-state index contributed by atoms with van der Waals surface area (Å²) in [5.41, 5.74) is 4.57. The van der Waals surface area contributed by atoms with Gasteiger partial charge in [0.2, 0.25) is 5.91 Å². The zero-order chi connectivity index (χ0) is 7.44. The molecule has 0 aromatic rings. The average molecular weight is 133 g/mol. The topological polar surface area (TPSA) is 101 Å². The number of hydrogen-bond acceptors (Lipinski definition) is 3. The number of aliphatic carboxylic acids is 1. The molecule has 1 amide bonds. The molecule has 0 saturated heterocycles. The van der Waals surface area contributed by atoms with Crippen LogP contribution in [0.4, 0.5) is 0 Å². The molecule has 0 radical (unpaired) electrons. The van der Waals surface area contributed by atoms with Gasteiger partial charge in [0.05, 0.1) is 6.61 Å². The summed E-state index contributed by atoms with van der Waals surface area (Å²) >= 11 is 0. The number of nitrogens with two attached hydrogens (primary N) is 1. The van der Waals surface area contributed by atoms with E-state index in [2.05, 4.69) is 5.73 Å². The molecule has 0 aliphatic heterocycles. The molecular formula is C4H7NO4. The molecule has 0 spiro atoms. The van der Waals surface area contributed by atoms with Crippen molar-refractivity contribution in [2.75, 3.05) is 6.61 Å². The number of hydrogen-bond donors (Lipinski definition) is 3. The molecule has 1 unspecified atom stereocenters. The number of amides is 1. The molecule has 0 fully saturated rings. The highest BCUT2D eigenvalue weighted by Crippen LogP contribution is 1.91. The first kappa shape index (κ1) is 7.90. The van der Waals surface area contributed by atoms with Crippen LogP contribution in [-0.2, 0) is 9.59 Å². The number of carboxylic acid groups (broad SMARTS) is 1. The molecule has 0 aromatic heterocycles. The second-order valence-corrected chi connectivity index (χ2v) is 1.48. The number of carboxylic acids is 1. The molecular weight excluding hydrogens is 126 g/mol. The third kappa shape index (κ3) is 2.09. The van der Waals surface area contributed by atoms with Crippen LogP contribution in [0.25, 0.3) is 0 Å².